The van der Waals surface area contributed by atoms with Crippen LogP contribution in [-0.2, 0) is 31.0 Å². The number of benzene rings is 4. The van der Waals surface area contributed by atoms with Gasteiger partial charge >= 0.3 is 0 Å². The molecule has 4 aromatic rings. The van der Waals surface area contributed by atoms with Crippen LogP contribution in [0.1, 0.15) is 24.0 Å². The second kappa shape index (κ2) is 12.3. The van der Waals surface area contributed by atoms with Crippen molar-refractivity contribution in [3.63, 3.8) is 0 Å². The molecule has 4 aromatic carbocycles. The Bertz CT molecular complexity index is 2290. The summed E-state index contributed by atoms with van der Waals surface area (Å²) in [5, 5.41) is 12.3. The Hall–Kier alpha value is -5.45. The number of phenols is 1. The summed E-state index contributed by atoms with van der Waals surface area (Å²) in [6, 6.07) is 23.5. The number of ether oxygens (including phenoxy) is 1. The van der Waals surface area contributed by atoms with Gasteiger partial charge in [-0.2, -0.15) is 5.01 Å². The van der Waals surface area contributed by atoms with Gasteiger partial charge in [-0.3, -0.25) is 29.5 Å². The first kappa shape index (κ1) is 33.4. The van der Waals surface area contributed by atoms with Crippen LogP contribution in [0.3, 0.4) is 0 Å². The fourth-order valence-corrected chi connectivity index (χ4v) is 9.57. The van der Waals surface area contributed by atoms with Crippen LogP contribution in [0.2, 0.25) is 10.0 Å². The molecule has 6 atom stereocenters. The highest BCUT2D eigenvalue weighted by Crippen LogP contribution is 2.63. The molecule has 1 saturated carbocycles. The van der Waals surface area contributed by atoms with Crippen LogP contribution >= 0.6 is 23.2 Å². The number of hydrazine groups is 1. The van der Waals surface area contributed by atoms with E-state index >= 15 is 4.79 Å². The summed E-state index contributed by atoms with van der Waals surface area (Å²) >= 11 is 12.5. The van der Waals surface area contributed by atoms with Crippen LogP contribution in [-0.4, -0.2) is 33.7 Å². The van der Waals surface area contributed by atoms with Crippen molar-refractivity contribution in [3.05, 3.63) is 141 Å². The van der Waals surface area contributed by atoms with Crippen molar-refractivity contribution >= 4 is 58.2 Å². The Morgan fingerprint density at radius 3 is 2.25 bits per heavy atom. The number of carbonyl (C=O) groups excluding carboxylic acids is 4. The summed E-state index contributed by atoms with van der Waals surface area (Å²) < 4.78 is 20.1. The van der Waals surface area contributed by atoms with Gasteiger partial charge in [0.25, 0.3) is 11.8 Å². The van der Waals surface area contributed by atoms with Crippen molar-refractivity contribution in [1.29, 1.82) is 0 Å². The first-order chi connectivity index (χ1) is 25.6. The van der Waals surface area contributed by atoms with Crippen molar-refractivity contribution in [2.75, 3.05) is 10.3 Å². The molecule has 9 nitrogen and oxygen atoms in total. The maximum Gasteiger partial charge on any atom is 0.260 e. The van der Waals surface area contributed by atoms with Gasteiger partial charge in [-0.1, -0.05) is 47.0 Å². The van der Waals surface area contributed by atoms with E-state index in [1.54, 1.807) is 66.9 Å². The van der Waals surface area contributed by atoms with Crippen LogP contribution in [0.4, 0.5) is 15.8 Å². The molecule has 6 unspecified atom stereocenters. The predicted octanol–water partition coefficient (Wildman–Crippen LogP) is 7.38. The predicted molar refractivity (Wildman–Crippen MR) is 194 cm³/mol. The number of nitrogens with zero attached hydrogens (tertiary/aromatic N) is 2. The molecule has 53 heavy (non-hydrogen) atoms. The SMILES string of the molecule is O=C1C2CC3C(=CCC4C(=O)N(c5ccc(Cl)cc5)C(=O)C43)C(C3=COc4ccc(O)cc4C3)C2(c2ccc(Cl)cc2)C(=O)N1Nc1ccc(F)cc1. The number of nitrogens with one attached hydrogen (secondary N) is 1. The minimum absolute atomic E-state index is 0.0410. The summed E-state index contributed by atoms with van der Waals surface area (Å²) in [7, 11) is 0. The topological polar surface area (TPSA) is 116 Å². The molecule has 0 aromatic heterocycles. The third-order valence-corrected chi connectivity index (χ3v) is 12.0. The number of rotatable bonds is 5. The standard InChI is InChI=1S/C41H30Cl2FN3O6/c42-24-3-1-23(2-4-24)41-33(38(50)47(40(41)52)45-27-9-7-26(44)8-10-27)19-32-30(36(41)22-17-21-18-29(48)13-16-34(21)53-20-22)14-15-31-35(32)39(51)46(37(31)49)28-11-5-25(43)6-12-28/h1-14,16,18,20,31-33,35-36,45,48H,15,17,19H2. The van der Waals surface area contributed by atoms with Crippen molar-refractivity contribution in [1.82, 2.24) is 5.01 Å². The van der Waals surface area contributed by atoms with E-state index in [1.807, 2.05) is 6.08 Å². The lowest BCUT2D eigenvalue weighted by molar-refractivity contribution is -0.139. The van der Waals surface area contributed by atoms with Crippen molar-refractivity contribution in [3.8, 4) is 11.5 Å². The molecule has 0 radical (unpaired) electrons. The molecule has 0 spiro atoms. The van der Waals surface area contributed by atoms with E-state index in [0.29, 0.717) is 43.9 Å². The number of amides is 4. The van der Waals surface area contributed by atoms with Crippen molar-refractivity contribution in [2.45, 2.75) is 24.7 Å². The number of aromatic hydroxyl groups is 1. The van der Waals surface area contributed by atoms with Gasteiger partial charge in [0.05, 0.1) is 40.8 Å². The lowest BCUT2D eigenvalue weighted by Gasteiger charge is -2.51. The lowest BCUT2D eigenvalue weighted by Crippen LogP contribution is -2.55. The molecule has 266 valence electrons. The van der Waals surface area contributed by atoms with E-state index in [1.165, 1.54) is 35.2 Å². The molecule has 2 saturated heterocycles. The Morgan fingerprint density at radius 1 is 0.830 bits per heavy atom. The van der Waals surface area contributed by atoms with Crippen LogP contribution in [0.15, 0.2) is 114 Å². The Morgan fingerprint density at radius 2 is 1.53 bits per heavy atom. The molecule has 9 rings (SSSR count). The van der Waals surface area contributed by atoms with E-state index in [9.17, 15) is 23.9 Å². The molecule has 3 heterocycles. The second-order valence-corrected chi connectivity index (χ2v) is 15.0. The third kappa shape index (κ3) is 5.03. The van der Waals surface area contributed by atoms with Gasteiger partial charge < -0.3 is 9.84 Å². The van der Waals surface area contributed by atoms with Gasteiger partial charge in [0.15, 0.2) is 0 Å². The average molecular weight is 751 g/mol. The van der Waals surface area contributed by atoms with E-state index in [4.69, 9.17) is 27.9 Å². The molecule has 4 amide bonds. The second-order valence-electron chi connectivity index (χ2n) is 14.1. The van der Waals surface area contributed by atoms with Gasteiger partial charge in [-0.25, -0.2) is 4.39 Å². The number of halogens is 3. The minimum atomic E-state index is -1.55. The quantitative estimate of drug-likeness (QED) is 0.162. The fraction of sp³-hybridized carbons (Fsp3) is 0.220. The highest BCUT2D eigenvalue weighted by atomic mass is 35.5. The Balaban J connectivity index is 1.23. The van der Waals surface area contributed by atoms with E-state index in [0.717, 1.165) is 10.6 Å². The van der Waals surface area contributed by atoms with Crippen molar-refractivity contribution < 1.29 is 33.4 Å². The molecule has 3 aliphatic heterocycles. The van der Waals surface area contributed by atoms with Gasteiger partial charge in [0.1, 0.15) is 17.3 Å². The Kier molecular flexibility index (Phi) is 7.76. The van der Waals surface area contributed by atoms with Crippen LogP contribution in [0.5, 0.6) is 11.5 Å². The number of carbonyl (C=O) groups is 4. The van der Waals surface area contributed by atoms with Gasteiger partial charge in [0, 0.05) is 27.9 Å². The molecule has 2 N–H and O–H groups in total. The number of imide groups is 2. The number of allylic oxidation sites excluding steroid dienone is 3. The highest BCUT2D eigenvalue weighted by molar-refractivity contribution is 6.31. The number of hydrogen-bond donors (Lipinski definition) is 2. The molecule has 2 aliphatic carbocycles. The van der Waals surface area contributed by atoms with Crippen molar-refractivity contribution in [2.24, 2.45) is 29.6 Å². The number of hydrogen-bond acceptors (Lipinski definition) is 7. The maximum atomic E-state index is 15.3. The normalized spacial score (nSPS) is 27.3. The summed E-state index contributed by atoms with van der Waals surface area (Å²) in [5.41, 5.74) is 4.78. The smallest absolute Gasteiger partial charge is 0.260 e. The monoisotopic (exact) mass is 749 g/mol. The largest absolute Gasteiger partial charge is 0.508 e. The Labute approximate surface area is 313 Å². The molecule has 0 bridgehead atoms. The third-order valence-electron chi connectivity index (χ3n) is 11.5. The zero-order valence-electron chi connectivity index (χ0n) is 27.8. The number of phenolic OH excluding ortho intramolecular Hbond substituents is 1. The van der Waals surface area contributed by atoms with Crippen LogP contribution in [0, 0.1) is 35.4 Å². The average Bonchev–Trinajstić information content (AvgIpc) is 3.53. The molecular weight excluding hydrogens is 720 g/mol. The molecule has 5 aliphatic rings. The first-order valence-electron chi connectivity index (χ1n) is 17.2. The van der Waals surface area contributed by atoms with Gasteiger partial charge in [-0.15, -0.1) is 0 Å². The zero-order chi connectivity index (χ0) is 36.8. The molecular formula is C41H30Cl2FN3O6. The van der Waals surface area contributed by atoms with Gasteiger partial charge in [-0.05, 0) is 109 Å². The maximum absolute atomic E-state index is 15.3. The lowest BCUT2D eigenvalue weighted by atomic mass is 9.48. The summed E-state index contributed by atoms with van der Waals surface area (Å²) in [4.78, 5) is 59.9. The van der Waals surface area contributed by atoms with Crippen LogP contribution in [0.25, 0.3) is 0 Å². The van der Waals surface area contributed by atoms with E-state index < -0.39 is 52.6 Å². The molecule has 12 heteroatoms. The minimum Gasteiger partial charge on any atom is -0.508 e. The summed E-state index contributed by atoms with van der Waals surface area (Å²) in [5.74, 6) is -5.56. The fourth-order valence-electron chi connectivity index (χ4n) is 9.32. The first-order valence-corrected chi connectivity index (χ1v) is 18.0. The summed E-state index contributed by atoms with van der Waals surface area (Å²) in [6.45, 7) is 0. The molecule has 3 fully saturated rings. The summed E-state index contributed by atoms with van der Waals surface area (Å²) in [6.07, 6.45) is 4.17. The van der Waals surface area contributed by atoms with E-state index in [-0.39, 0.29) is 36.8 Å². The van der Waals surface area contributed by atoms with E-state index in [2.05, 4.69) is 5.43 Å². The van der Waals surface area contributed by atoms with Gasteiger partial charge in [0.2, 0.25) is 11.8 Å². The number of fused-ring (bicyclic) bond motifs is 5. The number of anilines is 2. The highest BCUT2D eigenvalue weighted by Gasteiger charge is 2.70. The zero-order valence-corrected chi connectivity index (χ0v) is 29.4. The van der Waals surface area contributed by atoms with Crippen LogP contribution < -0.4 is 15.1 Å².